The Morgan fingerprint density at radius 2 is 2.18 bits per heavy atom. The number of hydrogen-bond donors (Lipinski definition) is 2. The minimum absolute atomic E-state index is 0.0865. The molecule has 2 heterocycles. The number of likely N-dealkylation sites (tertiary alicyclic amines) is 1. The van der Waals surface area contributed by atoms with Crippen molar-refractivity contribution in [2.45, 2.75) is 25.0 Å². The molecule has 0 amide bonds. The van der Waals surface area contributed by atoms with Crippen LogP contribution in [0.4, 0.5) is 0 Å². The Hall–Kier alpha value is -0.120. The van der Waals surface area contributed by atoms with Crippen molar-refractivity contribution in [2.24, 2.45) is 0 Å². The molecular weight excluding hydrogens is 140 g/mol. The summed E-state index contributed by atoms with van der Waals surface area (Å²) < 4.78 is 0. The molecule has 2 fully saturated rings. The standard InChI is InChI=1S/C8H16N2O/c11-8-2-3-9-6-7(8)10-4-1-5-10/h7-9,11H,1-6H2/t7-,8-/m0/s1. The first kappa shape index (κ1) is 7.53. The quantitative estimate of drug-likeness (QED) is 0.533. The highest BCUT2D eigenvalue weighted by Gasteiger charge is 2.31. The molecular formula is C8H16N2O. The molecule has 3 nitrogen and oxygen atoms in total. The van der Waals surface area contributed by atoms with Gasteiger partial charge in [-0.05, 0) is 32.5 Å². The number of hydrogen-bond acceptors (Lipinski definition) is 3. The Morgan fingerprint density at radius 3 is 2.73 bits per heavy atom. The molecule has 3 heteroatoms. The van der Waals surface area contributed by atoms with E-state index in [9.17, 15) is 5.11 Å². The van der Waals surface area contributed by atoms with Gasteiger partial charge >= 0.3 is 0 Å². The summed E-state index contributed by atoms with van der Waals surface area (Å²) in [6.45, 7) is 4.32. The Morgan fingerprint density at radius 1 is 1.36 bits per heavy atom. The van der Waals surface area contributed by atoms with E-state index in [0.29, 0.717) is 6.04 Å². The van der Waals surface area contributed by atoms with Crippen molar-refractivity contribution in [3.63, 3.8) is 0 Å². The summed E-state index contributed by atoms with van der Waals surface area (Å²) in [4.78, 5) is 2.37. The summed E-state index contributed by atoms with van der Waals surface area (Å²) >= 11 is 0. The Bertz CT molecular complexity index is 134. The van der Waals surface area contributed by atoms with Crippen LogP contribution in [0.25, 0.3) is 0 Å². The third kappa shape index (κ3) is 1.41. The number of rotatable bonds is 1. The van der Waals surface area contributed by atoms with Gasteiger partial charge in [-0.25, -0.2) is 0 Å². The van der Waals surface area contributed by atoms with Crippen LogP contribution >= 0.6 is 0 Å². The first-order valence-electron chi connectivity index (χ1n) is 4.51. The zero-order valence-electron chi connectivity index (χ0n) is 6.79. The average molecular weight is 156 g/mol. The Labute approximate surface area is 67.4 Å². The summed E-state index contributed by atoms with van der Waals surface area (Å²) in [5, 5.41) is 12.9. The van der Waals surface area contributed by atoms with Gasteiger partial charge in [0, 0.05) is 12.6 Å². The second kappa shape index (κ2) is 3.09. The molecule has 0 spiro atoms. The lowest BCUT2D eigenvalue weighted by Crippen LogP contribution is -2.58. The smallest absolute Gasteiger partial charge is 0.0719 e. The van der Waals surface area contributed by atoms with Gasteiger partial charge in [0.15, 0.2) is 0 Å². The van der Waals surface area contributed by atoms with Gasteiger partial charge in [-0.2, -0.15) is 0 Å². The van der Waals surface area contributed by atoms with E-state index in [4.69, 9.17) is 0 Å². The lowest BCUT2D eigenvalue weighted by atomic mass is 9.99. The molecule has 2 rings (SSSR count). The fraction of sp³-hybridized carbons (Fsp3) is 1.00. The maximum atomic E-state index is 9.62. The van der Waals surface area contributed by atoms with E-state index in [0.717, 1.165) is 19.5 Å². The molecule has 0 aromatic carbocycles. The molecule has 11 heavy (non-hydrogen) atoms. The second-order valence-corrected chi connectivity index (χ2v) is 3.52. The number of aliphatic hydroxyl groups excluding tert-OH is 1. The maximum Gasteiger partial charge on any atom is 0.0719 e. The SMILES string of the molecule is O[C@H]1CCNC[C@@H]1N1CCC1. The lowest BCUT2D eigenvalue weighted by Gasteiger charge is -2.42. The zero-order valence-corrected chi connectivity index (χ0v) is 6.79. The molecule has 2 atom stereocenters. The third-order valence-corrected chi connectivity index (χ3v) is 2.77. The second-order valence-electron chi connectivity index (χ2n) is 3.52. The first-order valence-corrected chi connectivity index (χ1v) is 4.51. The highest BCUT2D eigenvalue weighted by Crippen LogP contribution is 2.17. The van der Waals surface area contributed by atoms with Gasteiger partial charge in [0.05, 0.1) is 6.10 Å². The molecule has 2 aliphatic rings. The maximum absolute atomic E-state index is 9.62. The van der Waals surface area contributed by atoms with Crippen LogP contribution in [0, 0.1) is 0 Å². The number of nitrogens with one attached hydrogen (secondary N) is 1. The zero-order chi connectivity index (χ0) is 7.68. The first-order chi connectivity index (χ1) is 5.38. The summed E-state index contributed by atoms with van der Waals surface area (Å²) in [5.74, 6) is 0. The van der Waals surface area contributed by atoms with Gasteiger partial charge in [-0.1, -0.05) is 0 Å². The topological polar surface area (TPSA) is 35.5 Å². The fourth-order valence-corrected chi connectivity index (χ4v) is 1.87. The van der Waals surface area contributed by atoms with Crippen LogP contribution in [0.5, 0.6) is 0 Å². The highest BCUT2D eigenvalue weighted by molar-refractivity contribution is 4.88. The molecule has 2 N–H and O–H groups in total. The van der Waals surface area contributed by atoms with Crippen molar-refractivity contribution < 1.29 is 5.11 Å². The number of nitrogens with zero attached hydrogens (tertiary/aromatic N) is 1. The lowest BCUT2D eigenvalue weighted by molar-refractivity contribution is -0.000871. The highest BCUT2D eigenvalue weighted by atomic mass is 16.3. The minimum Gasteiger partial charge on any atom is -0.391 e. The van der Waals surface area contributed by atoms with E-state index in [1.165, 1.54) is 19.5 Å². The van der Waals surface area contributed by atoms with Gasteiger partial charge in [-0.15, -0.1) is 0 Å². The number of aliphatic hydroxyl groups is 1. The van der Waals surface area contributed by atoms with Crippen LogP contribution in [0.2, 0.25) is 0 Å². The van der Waals surface area contributed by atoms with E-state index in [-0.39, 0.29) is 6.10 Å². The van der Waals surface area contributed by atoms with Gasteiger partial charge in [0.2, 0.25) is 0 Å². The fourth-order valence-electron chi connectivity index (χ4n) is 1.87. The molecule has 0 aromatic heterocycles. The molecule has 0 aromatic rings. The van der Waals surface area contributed by atoms with Crippen molar-refractivity contribution in [1.29, 1.82) is 0 Å². The Kier molecular flexibility index (Phi) is 2.11. The molecule has 0 aliphatic carbocycles. The van der Waals surface area contributed by atoms with Gasteiger partial charge in [-0.3, -0.25) is 4.90 Å². The van der Waals surface area contributed by atoms with E-state index in [2.05, 4.69) is 10.2 Å². The van der Waals surface area contributed by atoms with Crippen LogP contribution in [0.3, 0.4) is 0 Å². The third-order valence-electron chi connectivity index (χ3n) is 2.77. The van der Waals surface area contributed by atoms with Gasteiger partial charge in [0.25, 0.3) is 0 Å². The summed E-state index contributed by atoms with van der Waals surface area (Å²) in [7, 11) is 0. The minimum atomic E-state index is -0.0865. The van der Waals surface area contributed by atoms with Crippen molar-refractivity contribution in [1.82, 2.24) is 10.2 Å². The molecule has 2 aliphatic heterocycles. The van der Waals surface area contributed by atoms with Crippen molar-refractivity contribution in [3.8, 4) is 0 Å². The number of piperidine rings is 1. The monoisotopic (exact) mass is 156 g/mol. The van der Waals surface area contributed by atoms with E-state index in [1.807, 2.05) is 0 Å². The average Bonchev–Trinajstić information content (AvgIpc) is 1.90. The summed E-state index contributed by atoms with van der Waals surface area (Å²) in [5.41, 5.74) is 0. The normalized spacial score (nSPS) is 40.1. The summed E-state index contributed by atoms with van der Waals surface area (Å²) in [6, 6.07) is 0.400. The van der Waals surface area contributed by atoms with Gasteiger partial charge in [0.1, 0.15) is 0 Å². The van der Waals surface area contributed by atoms with Crippen LogP contribution in [0.1, 0.15) is 12.8 Å². The van der Waals surface area contributed by atoms with Gasteiger partial charge < -0.3 is 10.4 Å². The largest absolute Gasteiger partial charge is 0.391 e. The van der Waals surface area contributed by atoms with E-state index >= 15 is 0 Å². The predicted molar refractivity (Wildman–Crippen MR) is 43.5 cm³/mol. The Balaban J connectivity index is 1.88. The van der Waals surface area contributed by atoms with Crippen LogP contribution in [-0.2, 0) is 0 Å². The van der Waals surface area contributed by atoms with Crippen LogP contribution < -0.4 is 5.32 Å². The molecule has 0 bridgehead atoms. The van der Waals surface area contributed by atoms with Crippen LogP contribution in [0.15, 0.2) is 0 Å². The molecule has 0 saturated carbocycles. The molecule has 0 radical (unpaired) electrons. The van der Waals surface area contributed by atoms with Crippen molar-refractivity contribution >= 4 is 0 Å². The predicted octanol–water partition coefficient (Wildman–Crippen LogP) is -0.585. The summed E-state index contributed by atoms with van der Waals surface area (Å²) in [6.07, 6.45) is 2.14. The molecule has 64 valence electrons. The van der Waals surface area contributed by atoms with E-state index in [1.54, 1.807) is 0 Å². The van der Waals surface area contributed by atoms with Crippen LogP contribution in [-0.4, -0.2) is 48.3 Å². The molecule has 2 saturated heterocycles. The van der Waals surface area contributed by atoms with E-state index < -0.39 is 0 Å². The van der Waals surface area contributed by atoms with Crippen molar-refractivity contribution in [3.05, 3.63) is 0 Å². The molecule has 0 unspecified atom stereocenters. The van der Waals surface area contributed by atoms with Crippen molar-refractivity contribution in [2.75, 3.05) is 26.2 Å².